The highest BCUT2D eigenvalue weighted by molar-refractivity contribution is 9.10. The van der Waals surface area contributed by atoms with E-state index in [1.165, 1.54) is 20.3 Å². The quantitative estimate of drug-likeness (QED) is 0.462. The van der Waals surface area contributed by atoms with Gasteiger partial charge in [0.2, 0.25) is 5.75 Å². The van der Waals surface area contributed by atoms with Crippen LogP contribution in [0.3, 0.4) is 0 Å². The summed E-state index contributed by atoms with van der Waals surface area (Å²) in [5, 5.41) is 0. The molecule has 0 radical (unpaired) electrons. The van der Waals surface area contributed by atoms with Crippen molar-refractivity contribution in [1.82, 2.24) is 0 Å². The zero-order chi connectivity index (χ0) is 16.3. The van der Waals surface area contributed by atoms with E-state index in [0.29, 0.717) is 6.29 Å². The fourth-order valence-electron chi connectivity index (χ4n) is 1.17. The number of aldehydes is 1. The van der Waals surface area contributed by atoms with E-state index in [9.17, 15) is 9.18 Å². The predicted molar refractivity (Wildman–Crippen MR) is 80.8 cm³/mol. The SMILES string of the molecule is C#CC#CC.COCOc1c(OC)cc(C=O)c(Br)c1F. The van der Waals surface area contributed by atoms with Crippen LogP contribution in [0.1, 0.15) is 17.3 Å². The van der Waals surface area contributed by atoms with Gasteiger partial charge in [-0.3, -0.25) is 4.79 Å². The number of methoxy groups -OCH3 is 2. The van der Waals surface area contributed by atoms with Crippen LogP contribution in [0.25, 0.3) is 0 Å². The second-order valence-corrected chi connectivity index (χ2v) is 4.11. The number of benzene rings is 1. The summed E-state index contributed by atoms with van der Waals surface area (Å²) in [7, 11) is 2.77. The molecule has 0 saturated heterocycles. The highest BCUT2D eigenvalue weighted by Gasteiger charge is 2.18. The van der Waals surface area contributed by atoms with E-state index in [1.54, 1.807) is 6.92 Å². The molecule has 0 aromatic heterocycles. The minimum Gasteiger partial charge on any atom is -0.493 e. The highest BCUT2D eigenvalue weighted by atomic mass is 79.9. The molecule has 0 spiro atoms. The lowest BCUT2D eigenvalue weighted by molar-refractivity contribution is 0.0461. The van der Waals surface area contributed by atoms with E-state index in [-0.39, 0.29) is 28.3 Å². The number of rotatable bonds is 5. The molecule has 6 heteroatoms. The van der Waals surface area contributed by atoms with Crippen molar-refractivity contribution >= 4 is 22.2 Å². The van der Waals surface area contributed by atoms with Crippen molar-refractivity contribution in [2.24, 2.45) is 0 Å². The molecule has 112 valence electrons. The Morgan fingerprint density at radius 1 is 1.48 bits per heavy atom. The maximum atomic E-state index is 13.8. The smallest absolute Gasteiger partial charge is 0.201 e. The van der Waals surface area contributed by atoms with Crippen LogP contribution in [0, 0.1) is 30.0 Å². The Balaban J connectivity index is 0.000000690. The van der Waals surface area contributed by atoms with Crippen LogP contribution in [0.4, 0.5) is 4.39 Å². The summed E-state index contributed by atoms with van der Waals surface area (Å²) in [4.78, 5) is 10.7. The van der Waals surface area contributed by atoms with Crippen LogP contribution in [0.2, 0.25) is 0 Å². The molecule has 0 saturated carbocycles. The number of hydrogen-bond acceptors (Lipinski definition) is 4. The van der Waals surface area contributed by atoms with Crippen LogP contribution in [-0.4, -0.2) is 27.3 Å². The Kier molecular flexibility index (Phi) is 9.70. The van der Waals surface area contributed by atoms with Crippen LogP contribution in [0.15, 0.2) is 10.5 Å². The summed E-state index contributed by atoms with van der Waals surface area (Å²) in [6.07, 6.45) is 5.24. The molecule has 0 fully saturated rings. The monoisotopic (exact) mass is 356 g/mol. The third-order valence-electron chi connectivity index (χ3n) is 2.02. The third kappa shape index (κ3) is 5.86. The average molecular weight is 357 g/mol. The molecule has 0 heterocycles. The molecular formula is C15H14BrFO4. The maximum absolute atomic E-state index is 13.8. The molecule has 1 rings (SSSR count). The second kappa shape index (κ2) is 10.7. The van der Waals surface area contributed by atoms with E-state index in [0.717, 1.165) is 0 Å². The fraction of sp³-hybridized carbons (Fsp3) is 0.267. The number of halogens is 2. The first-order chi connectivity index (χ1) is 10.1. The molecule has 0 aliphatic carbocycles. The summed E-state index contributed by atoms with van der Waals surface area (Å²) >= 11 is 2.96. The standard InChI is InChI=1S/C10H10BrFO4.C5H4/c1-14-5-16-10-7(15-2)3-6(4-13)8(11)9(10)12;1-3-5-4-2/h3-4H,5H2,1-2H3;1H,2H3. The molecular weight excluding hydrogens is 343 g/mol. The molecule has 0 bridgehead atoms. The van der Waals surface area contributed by atoms with Gasteiger partial charge in [0.15, 0.2) is 24.6 Å². The summed E-state index contributed by atoms with van der Waals surface area (Å²) in [5.41, 5.74) is 0.152. The van der Waals surface area contributed by atoms with E-state index in [4.69, 9.17) is 15.9 Å². The van der Waals surface area contributed by atoms with Gasteiger partial charge in [-0.1, -0.05) is 5.92 Å². The van der Waals surface area contributed by atoms with Gasteiger partial charge in [-0.2, -0.15) is 0 Å². The number of ether oxygens (including phenoxy) is 3. The summed E-state index contributed by atoms with van der Waals surface area (Å²) < 4.78 is 28.4. The molecule has 0 amide bonds. The topological polar surface area (TPSA) is 44.8 Å². The summed E-state index contributed by atoms with van der Waals surface area (Å²) in [6, 6.07) is 1.38. The van der Waals surface area contributed by atoms with E-state index < -0.39 is 5.82 Å². The lowest BCUT2D eigenvalue weighted by Crippen LogP contribution is -2.04. The van der Waals surface area contributed by atoms with E-state index in [1.807, 2.05) is 0 Å². The van der Waals surface area contributed by atoms with Gasteiger partial charge in [0.1, 0.15) is 0 Å². The van der Waals surface area contributed by atoms with Crippen LogP contribution in [0.5, 0.6) is 11.5 Å². The first kappa shape index (κ1) is 19.0. The number of carbonyl (C=O) groups is 1. The van der Waals surface area contributed by atoms with Crippen LogP contribution < -0.4 is 9.47 Å². The number of terminal acetylenes is 1. The van der Waals surface area contributed by atoms with Crippen molar-refractivity contribution in [2.75, 3.05) is 21.0 Å². The first-order valence-electron chi connectivity index (χ1n) is 5.57. The number of hydrogen-bond donors (Lipinski definition) is 0. The van der Waals surface area contributed by atoms with Gasteiger partial charge < -0.3 is 14.2 Å². The lowest BCUT2D eigenvalue weighted by Gasteiger charge is -2.12. The van der Waals surface area contributed by atoms with Gasteiger partial charge in [0, 0.05) is 12.7 Å². The Bertz CT molecular complexity index is 582. The minimum atomic E-state index is -0.696. The molecule has 4 nitrogen and oxygen atoms in total. The van der Waals surface area contributed by atoms with Crippen molar-refractivity contribution in [2.45, 2.75) is 6.92 Å². The summed E-state index contributed by atoms with van der Waals surface area (Å²) in [6.45, 7) is 1.60. The fourth-order valence-corrected chi connectivity index (χ4v) is 1.55. The van der Waals surface area contributed by atoms with Gasteiger partial charge in [-0.25, -0.2) is 4.39 Å². The van der Waals surface area contributed by atoms with E-state index in [2.05, 4.69) is 38.4 Å². The first-order valence-corrected chi connectivity index (χ1v) is 6.36. The van der Waals surface area contributed by atoms with Crippen LogP contribution >= 0.6 is 15.9 Å². The van der Waals surface area contributed by atoms with Gasteiger partial charge in [-0.05, 0) is 40.8 Å². The van der Waals surface area contributed by atoms with E-state index >= 15 is 0 Å². The van der Waals surface area contributed by atoms with Crippen LogP contribution in [-0.2, 0) is 4.74 Å². The Morgan fingerprint density at radius 2 is 2.14 bits per heavy atom. The van der Waals surface area contributed by atoms with Gasteiger partial charge >= 0.3 is 0 Å². The molecule has 1 aromatic rings. The molecule has 0 aliphatic rings. The highest BCUT2D eigenvalue weighted by Crippen LogP contribution is 2.36. The lowest BCUT2D eigenvalue weighted by atomic mass is 10.2. The zero-order valence-corrected chi connectivity index (χ0v) is 13.4. The molecule has 21 heavy (non-hydrogen) atoms. The number of carbonyl (C=O) groups excluding carboxylic acids is 1. The largest absolute Gasteiger partial charge is 0.493 e. The molecule has 0 unspecified atom stereocenters. The normalized spacial score (nSPS) is 8.38. The average Bonchev–Trinajstić information content (AvgIpc) is 2.50. The van der Waals surface area contributed by atoms with Gasteiger partial charge in [-0.15, -0.1) is 6.42 Å². The molecule has 1 aromatic carbocycles. The second-order valence-electron chi connectivity index (χ2n) is 3.31. The summed E-state index contributed by atoms with van der Waals surface area (Å²) in [5.74, 6) is 6.42. The third-order valence-corrected chi connectivity index (χ3v) is 2.83. The van der Waals surface area contributed by atoms with Crippen molar-refractivity contribution in [3.05, 3.63) is 21.9 Å². The Hall–Kier alpha value is -2.02. The molecule has 0 atom stereocenters. The van der Waals surface area contributed by atoms with Crippen molar-refractivity contribution in [3.8, 4) is 35.7 Å². The zero-order valence-electron chi connectivity index (χ0n) is 11.8. The molecule has 0 aliphatic heterocycles. The van der Waals surface area contributed by atoms with Crippen molar-refractivity contribution in [1.29, 1.82) is 0 Å². The van der Waals surface area contributed by atoms with Crippen molar-refractivity contribution in [3.63, 3.8) is 0 Å². The Morgan fingerprint density at radius 3 is 2.52 bits per heavy atom. The minimum absolute atomic E-state index is 0.0365. The Labute approximate surface area is 131 Å². The van der Waals surface area contributed by atoms with Gasteiger partial charge in [0.05, 0.1) is 11.6 Å². The van der Waals surface area contributed by atoms with Gasteiger partial charge in [0.25, 0.3) is 0 Å². The maximum Gasteiger partial charge on any atom is 0.201 e. The van der Waals surface area contributed by atoms with Crippen molar-refractivity contribution < 1.29 is 23.4 Å². The molecule has 0 N–H and O–H groups in total. The predicted octanol–water partition coefficient (Wildman–Crippen LogP) is 3.03.